The summed E-state index contributed by atoms with van der Waals surface area (Å²) in [6.07, 6.45) is -3.03. The number of hydrogen-bond acceptors (Lipinski definition) is 4. The van der Waals surface area contributed by atoms with Gasteiger partial charge in [-0.2, -0.15) is 13.2 Å². The summed E-state index contributed by atoms with van der Waals surface area (Å²) >= 11 is 0. The zero-order chi connectivity index (χ0) is 16.4. The summed E-state index contributed by atoms with van der Waals surface area (Å²) in [5, 5.41) is -0.192. The van der Waals surface area contributed by atoms with Gasteiger partial charge in [0.15, 0.2) is 0 Å². The number of alkyl halides is 3. The molecule has 3 aromatic rings. The Labute approximate surface area is 128 Å². The van der Waals surface area contributed by atoms with Crippen molar-refractivity contribution in [2.24, 2.45) is 0 Å². The maximum Gasteiger partial charge on any atom is 0.417 e. The van der Waals surface area contributed by atoms with Crippen LogP contribution in [0.1, 0.15) is 11.3 Å². The lowest BCUT2D eigenvalue weighted by Crippen LogP contribution is -2.11. The summed E-state index contributed by atoms with van der Waals surface area (Å²) in [5.41, 5.74) is -1.60. The van der Waals surface area contributed by atoms with Crippen molar-refractivity contribution < 1.29 is 22.3 Å². The van der Waals surface area contributed by atoms with Gasteiger partial charge in [-0.3, -0.25) is 4.98 Å². The molecule has 0 aliphatic carbocycles. The molecule has 118 valence electrons. The molecule has 0 spiro atoms. The Morgan fingerprint density at radius 2 is 1.96 bits per heavy atom. The third-order valence-electron chi connectivity index (χ3n) is 3.13. The molecule has 1 aromatic carbocycles. The molecule has 7 heteroatoms. The van der Waals surface area contributed by atoms with Crippen molar-refractivity contribution in [2.75, 3.05) is 0 Å². The highest BCUT2D eigenvalue weighted by atomic mass is 19.4. The minimum atomic E-state index is -4.63. The van der Waals surface area contributed by atoms with Crippen molar-refractivity contribution in [3.63, 3.8) is 0 Å². The third kappa shape index (κ3) is 3.33. The first-order chi connectivity index (χ1) is 10.9. The first kappa shape index (κ1) is 15.1. The maximum absolute atomic E-state index is 12.9. The third-order valence-corrected chi connectivity index (χ3v) is 3.13. The van der Waals surface area contributed by atoms with Crippen LogP contribution in [0.2, 0.25) is 0 Å². The molecule has 2 aromatic heterocycles. The molecule has 0 amide bonds. The lowest BCUT2D eigenvalue weighted by atomic mass is 10.1. The number of fused-ring (bicyclic) bond motifs is 1. The second-order valence-electron chi connectivity index (χ2n) is 4.74. The van der Waals surface area contributed by atoms with E-state index in [2.05, 4.69) is 4.98 Å². The van der Waals surface area contributed by atoms with Crippen LogP contribution in [0.3, 0.4) is 0 Å². The average Bonchev–Trinajstić information content (AvgIpc) is 2.52. The van der Waals surface area contributed by atoms with Crippen LogP contribution in [-0.2, 0) is 12.8 Å². The second-order valence-corrected chi connectivity index (χ2v) is 4.74. The number of pyridine rings is 1. The molecule has 0 bridgehead atoms. The Kier molecular flexibility index (Phi) is 3.77. The van der Waals surface area contributed by atoms with Crippen LogP contribution in [0.25, 0.3) is 11.0 Å². The molecular weight excluding hydrogens is 311 g/mol. The second kappa shape index (κ2) is 5.75. The van der Waals surface area contributed by atoms with Gasteiger partial charge in [-0.25, -0.2) is 4.79 Å². The fourth-order valence-electron chi connectivity index (χ4n) is 2.11. The molecule has 0 unspecified atom stereocenters. The Bertz CT molecular complexity index is 888. The van der Waals surface area contributed by atoms with Gasteiger partial charge < -0.3 is 9.15 Å². The van der Waals surface area contributed by atoms with E-state index in [4.69, 9.17) is 9.15 Å². The van der Waals surface area contributed by atoms with Gasteiger partial charge in [0.05, 0.1) is 11.3 Å². The summed E-state index contributed by atoms with van der Waals surface area (Å²) in [5.74, 6) is 0.283. The van der Waals surface area contributed by atoms with Crippen molar-refractivity contribution in [2.45, 2.75) is 12.8 Å². The van der Waals surface area contributed by atoms with Crippen LogP contribution in [0, 0.1) is 0 Å². The van der Waals surface area contributed by atoms with E-state index in [1.807, 2.05) is 0 Å². The van der Waals surface area contributed by atoms with Crippen LogP contribution in [0.4, 0.5) is 13.2 Å². The lowest BCUT2D eigenvalue weighted by molar-refractivity contribution is -0.136. The Balaban J connectivity index is 1.95. The largest absolute Gasteiger partial charge is 0.487 e. The summed E-state index contributed by atoms with van der Waals surface area (Å²) < 4.78 is 49.1. The van der Waals surface area contributed by atoms with E-state index < -0.39 is 17.4 Å². The molecule has 0 aliphatic heterocycles. The van der Waals surface area contributed by atoms with E-state index in [1.54, 1.807) is 24.4 Å². The summed E-state index contributed by atoms with van der Waals surface area (Å²) in [4.78, 5) is 15.4. The molecule has 0 saturated carbocycles. The van der Waals surface area contributed by atoms with E-state index >= 15 is 0 Å². The normalized spacial score (nSPS) is 11.6. The molecule has 0 N–H and O–H groups in total. The minimum absolute atomic E-state index is 0.148. The number of rotatable bonds is 3. The average molecular weight is 321 g/mol. The number of benzene rings is 1. The fourth-order valence-corrected chi connectivity index (χ4v) is 2.11. The minimum Gasteiger partial charge on any atom is -0.487 e. The van der Waals surface area contributed by atoms with Gasteiger partial charge in [-0.05, 0) is 24.3 Å². The Morgan fingerprint density at radius 1 is 1.13 bits per heavy atom. The van der Waals surface area contributed by atoms with Crippen molar-refractivity contribution in [1.29, 1.82) is 0 Å². The lowest BCUT2D eigenvalue weighted by Gasteiger charge is -2.10. The number of ether oxygens (including phenoxy) is 1. The quantitative estimate of drug-likeness (QED) is 0.689. The van der Waals surface area contributed by atoms with Crippen molar-refractivity contribution in [1.82, 2.24) is 4.98 Å². The number of halogens is 3. The highest BCUT2D eigenvalue weighted by Gasteiger charge is 2.33. The maximum atomic E-state index is 12.9. The summed E-state index contributed by atoms with van der Waals surface area (Å²) in [6, 6.07) is 9.61. The molecule has 0 aliphatic rings. The van der Waals surface area contributed by atoms with Gasteiger partial charge in [0.2, 0.25) is 0 Å². The Hall–Kier alpha value is -2.83. The number of nitrogens with zero attached hydrogens (tertiary/aromatic N) is 1. The molecule has 2 heterocycles. The molecule has 0 fully saturated rings. The van der Waals surface area contributed by atoms with Crippen LogP contribution >= 0.6 is 0 Å². The summed E-state index contributed by atoms with van der Waals surface area (Å²) in [6.45, 7) is 0.148. The van der Waals surface area contributed by atoms with E-state index in [0.717, 1.165) is 0 Å². The zero-order valence-electron chi connectivity index (χ0n) is 11.6. The highest BCUT2D eigenvalue weighted by Crippen LogP contribution is 2.34. The number of aromatic nitrogens is 1. The topological polar surface area (TPSA) is 52.3 Å². The van der Waals surface area contributed by atoms with Crippen molar-refractivity contribution in [3.05, 3.63) is 70.3 Å². The number of hydrogen-bond donors (Lipinski definition) is 0. The molecule has 0 saturated heterocycles. The van der Waals surface area contributed by atoms with Crippen molar-refractivity contribution >= 4 is 11.0 Å². The van der Waals surface area contributed by atoms with Crippen LogP contribution in [0.15, 0.2) is 57.9 Å². The van der Waals surface area contributed by atoms with Gasteiger partial charge in [0.1, 0.15) is 17.9 Å². The smallest absolute Gasteiger partial charge is 0.417 e. The first-order valence-corrected chi connectivity index (χ1v) is 6.61. The van der Waals surface area contributed by atoms with E-state index in [9.17, 15) is 18.0 Å². The van der Waals surface area contributed by atoms with E-state index in [0.29, 0.717) is 11.8 Å². The van der Waals surface area contributed by atoms with Crippen LogP contribution in [-0.4, -0.2) is 4.98 Å². The molecular formula is C16H10F3NO3. The highest BCUT2D eigenvalue weighted by molar-refractivity contribution is 5.82. The summed E-state index contributed by atoms with van der Waals surface area (Å²) in [7, 11) is 0. The predicted octanol–water partition coefficient (Wildman–Crippen LogP) is 3.79. The van der Waals surface area contributed by atoms with Gasteiger partial charge in [-0.1, -0.05) is 6.07 Å². The van der Waals surface area contributed by atoms with Crippen molar-refractivity contribution in [3.8, 4) is 5.75 Å². The fraction of sp³-hybridized carbons (Fsp3) is 0.125. The first-order valence-electron chi connectivity index (χ1n) is 6.61. The zero-order valence-corrected chi connectivity index (χ0v) is 11.6. The monoisotopic (exact) mass is 321 g/mol. The van der Waals surface area contributed by atoms with Gasteiger partial charge in [-0.15, -0.1) is 0 Å². The molecule has 23 heavy (non-hydrogen) atoms. The predicted molar refractivity (Wildman–Crippen MR) is 76.1 cm³/mol. The van der Waals surface area contributed by atoms with Gasteiger partial charge >= 0.3 is 11.8 Å². The van der Waals surface area contributed by atoms with E-state index in [-0.39, 0.29) is 23.3 Å². The molecule has 0 radical (unpaired) electrons. The molecule has 0 atom stereocenters. The standard InChI is InChI=1S/C16H10F3NO3/c17-16(18,19)13-8-15(21)23-14-7-11(4-5-12(13)14)22-9-10-3-1-2-6-20-10/h1-8H,9H2. The SMILES string of the molecule is O=c1cc(C(F)(F)F)c2ccc(OCc3ccccn3)cc2o1. The Morgan fingerprint density at radius 3 is 2.65 bits per heavy atom. The van der Waals surface area contributed by atoms with E-state index in [1.165, 1.54) is 18.2 Å². The van der Waals surface area contributed by atoms with Crippen LogP contribution < -0.4 is 10.4 Å². The van der Waals surface area contributed by atoms with Gasteiger partial charge in [0, 0.05) is 23.7 Å². The molecule has 4 nitrogen and oxygen atoms in total. The van der Waals surface area contributed by atoms with Gasteiger partial charge in [0.25, 0.3) is 0 Å². The molecule has 3 rings (SSSR count). The van der Waals surface area contributed by atoms with Crippen LogP contribution in [0.5, 0.6) is 5.75 Å².